The van der Waals surface area contributed by atoms with Crippen molar-refractivity contribution >= 4 is 45.7 Å². The van der Waals surface area contributed by atoms with Gasteiger partial charge in [0.1, 0.15) is 5.65 Å². The molecule has 3 rings (SSSR count). The molecule has 1 aromatic carbocycles. The van der Waals surface area contributed by atoms with Gasteiger partial charge in [-0.1, -0.05) is 37.1 Å². The number of nitrogens with zero attached hydrogens (tertiary/aromatic N) is 2. The number of pyridine rings is 1. The molecule has 0 atom stereocenters. The van der Waals surface area contributed by atoms with E-state index in [2.05, 4.69) is 39.8 Å². The van der Waals surface area contributed by atoms with Gasteiger partial charge in [0.2, 0.25) is 0 Å². The summed E-state index contributed by atoms with van der Waals surface area (Å²) in [5, 5.41) is 3.68. The van der Waals surface area contributed by atoms with Crippen molar-refractivity contribution in [1.29, 1.82) is 0 Å². The largest absolute Gasteiger partial charge is 0.352 e. The summed E-state index contributed by atoms with van der Waals surface area (Å²) in [4.78, 5) is 17.2. The van der Waals surface area contributed by atoms with Gasteiger partial charge < -0.3 is 9.72 Å². The van der Waals surface area contributed by atoms with Gasteiger partial charge in [0.05, 0.1) is 5.56 Å². The molecule has 0 bridgehead atoms. The molecule has 0 aliphatic heterocycles. The number of benzene rings is 1. The topological polar surface area (TPSA) is 46.4 Å². The van der Waals surface area contributed by atoms with E-state index >= 15 is 0 Å². The standard InChI is InChI=1S/C18H17ClIN3O/c1-2-3-8-22-18(24)16-15(12-4-6-13(19)7-5-12)14(20)11-23-10-9-21-17(16)23/h4-7,9-11H,2-3,8H2,1H3,(H,22,24). The number of hydrogen-bond donors (Lipinski definition) is 1. The Morgan fingerprint density at radius 2 is 2.08 bits per heavy atom. The fourth-order valence-electron chi connectivity index (χ4n) is 2.61. The van der Waals surface area contributed by atoms with Crippen LogP contribution in [0.4, 0.5) is 0 Å². The maximum atomic E-state index is 12.9. The molecule has 2 aromatic heterocycles. The molecule has 24 heavy (non-hydrogen) atoms. The van der Waals surface area contributed by atoms with E-state index in [9.17, 15) is 4.79 Å². The molecule has 0 saturated heterocycles. The van der Waals surface area contributed by atoms with Crippen molar-refractivity contribution in [2.75, 3.05) is 6.54 Å². The van der Waals surface area contributed by atoms with Gasteiger partial charge in [0.25, 0.3) is 5.91 Å². The zero-order chi connectivity index (χ0) is 17.1. The molecule has 2 heterocycles. The number of fused-ring (bicyclic) bond motifs is 1. The summed E-state index contributed by atoms with van der Waals surface area (Å²) in [5.41, 5.74) is 3.11. The number of carbonyl (C=O) groups excluding carboxylic acids is 1. The van der Waals surface area contributed by atoms with Crippen LogP contribution in [0.3, 0.4) is 0 Å². The molecule has 0 spiro atoms. The fourth-order valence-corrected chi connectivity index (χ4v) is 3.62. The molecule has 0 radical (unpaired) electrons. The van der Waals surface area contributed by atoms with Crippen molar-refractivity contribution in [3.8, 4) is 11.1 Å². The second-order valence-electron chi connectivity index (χ2n) is 5.50. The predicted molar refractivity (Wildman–Crippen MR) is 106 cm³/mol. The van der Waals surface area contributed by atoms with Crippen LogP contribution in [0.2, 0.25) is 5.02 Å². The van der Waals surface area contributed by atoms with E-state index < -0.39 is 0 Å². The highest BCUT2D eigenvalue weighted by molar-refractivity contribution is 14.1. The van der Waals surface area contributed by atoms with E-state index in [0.29, 0.717) is 22.8 Å². The fraction of sp³-hybridized carbons (Fsp3) is 0.222. The number of hydrogen-bond acceptors (Lipinski definition) is 2. The maximum Gasteiger partial charge on any atom is 0.255 e. The van der Waals surface area contributed by atoms with Gasteiger partial charge in [-0.05, 0) is 46.7 Å². The van der Waals surface area contributed by atoms with Crippen LogP contribution in [0.5, 0.6) is 0 Å². The molecule has 124 valence electrons. The SMILES string of the molecule is CCCCNC(=O)c1c(-c2ccc(Cl)cc2)c(I)cn2ccnc12. The zero-order valence-electron chi connectivity index (χ0n) is 13.2. The van der Waals surface area contributed by atoms with Gasteiger partial charge in [0, 0.05) is 39.3 Å². The van der Waals surface area contributed by atoms with Gasteiger partial charge in [-0.25, -0.2) is 4.98 Å². The summed E-state index contributed by atoms with van der Waals surface area (Å²) in [6.07, 6.45) is 7.54. The molecule has 0 saturated carbocycles. The maximum absolute atomic E-state index is 12.9. The van der Waals surface area contributed by atoms with Crippen molar-refractivity contribution in [1.82, 2.24) is 14.7 Å². The average Bonchev–Trinajstić information content (AvgIpc) is 3.02. The smallest absolute Gasteiger partial charge is 0.255 e. The third-order valence-electron chi connectivity index (χ3n) is 3.81. The zero-order valence-corrected chi connectivity index (χ0v) is 16.1. The highest BCUT2D eigenvalue weighted by Gasteiger charge is 2.21. The first-order valence-electron chi connectivity index (χ1n) is 7.81. The molecule has 6 heteroatoms. The van der Waals surface area contributed by atoms with Crippen molar-refractivity contribution in [2.24, 2.45) is 0 Å². The van der Waals surface area contributed by atoms with E-state index in [1.165, 1.54) is 0 Å². The molecule has 0 aliphatic carbocycles. The Morgan fingerprint density at radius 3 is 2.79 bits per heavy atom. The van der Waals surface area contributed by atoms with E-state index in [1.54, 1.807) is 6.20 Å². The Morgan fingerprint density at radius 1 is 1.33 bits per heavy atom. The third-order valence-corrected chi connectivity index (χ3v) is 4.88. The Balaban J connectivity index is 2.16. The highest BCUT2D eigenvalue weighted by atomic mass is 127. The van der Waals surface area contributed by atoms with Crippen molar-refractivity contribution in [3.05, 3.63) is 57.0 Å². The first-order chi connectivity index (χ1) is 11.6. The van der Waals surface area contributed by atoms with Crippen LogP contribution < -0.4 is 5.32 Å². The predicted octanol–water partition coefficient (Wildman–Crippen LogP) is 4.79. The van der Waals surface area contributed by atoms with Crippen molar-refractivity contribution < 1.29 is 4.79 Å². The average molecular weight is 454 g/mol. The van der Waals surface area contributed by atoms with E-state index in [1.807, 2.05) is 41.1 Å². The third kappa shape index (κ3) is 3.42. The molecular formula is C18H17ClIN3O. The molecule has 0 fully saturated rings. The lowest BCUT2D eigenvalue weighted by molar-refractivity contribution is 0.0955. The number of carbonyl (C=O) groups is 1. The first-order valence-corrected chi connectivity index (χ1v) is 9.26. The second kappa shape index (κ2) is 7.53. The first kappa shape index (κ1) is 17.2. The Hall–Kier alpha value is -1.60. The summed E-state index contributed by atoms with van der Waals surface area (Å²) in [7, 11) is 0. The van der Waals surface area contributed by atoms with Gasteiger partial charge in [-0.3, -0.25) is 4.79 Å². The lowest BCUT2D eigenvalue weighted by Crippen LogP contribution is -2.26. The lowest BCUT2D eigenvalue weighted by Gasteiger charge is -2.14. The van der Waals surface area contributed by atoms with Crippen LogP contribution >= 0.6 is 34.2 Å². The molecule has 1 N–H and O–H groups in total. The minimum atomic E-state index is -0.0943. The van der Waals surface area contributed by atoms with Gasteiger partial charge in [-0.15, -0.1) is 0 Å². The van der Waals surface area contributed by atoms with Crippen molar-refractivity contribution in [2.45, 2.75) is 19.8 Å². The quantitative estimate of drug-likeness (QED) is 0.446. The number of halogens is 2. The van der Waals surface area contributed by atoms with Gasteiger partial charge in [-0.2, -0.15) is 0 Å². The number of aromatic nitrogens is 2. The minimum absolute atomic E-state index is 0.0943. The molecule has 4 nitrogen and oxygen atoms in total. The highest BCUT2D eigenvalue weighted by Crippen LogP contribution is 2.32. The van der Waals surface area contributed by atoms with Gasteiger partial charge in [0.15, 0.2) is 0 Å². The molecule has 1 amide bonds. The monoisotopic (exact) mass is 453 g/mol. The number of nitrogens with one attached hydrogen (secondary N) is 1. The normalized spacial score (nSPS) is 11.0. The minimum Gasteiger partial charge on any atom is -0.352 e. The molecular weight excluding hydrogens is 437 g/mol. The number of unbranched alkanes of at least 4 members (excludes halogenated alkanes) is 1. The second-order valence-corrected chi connectivity index (χ2v) is 7.10. The van der Waals surface area contributed by atoms with Crippen LogP contribution in [0.1, 0.15) is 30.1 Å². The Labute approximate surface area is 159 Å². The van der Waals surface area contributed by atoms with Crippen LogP contribution in [0, 0.1) is 3.57 Å². The van der Waals surface area contributed by atoms with E-state index in [4.69, 9.17) is 11.6 Å². The van der Waals surface area contributed by atoms with Gasteiger partial charge >= 0.3 is 0 Å². The molecule has 0 aliphatic rings. The molecule has 3 aromatic rings. The molecule has 0 unspecified atom stereocenters. The van der Waals surface area contributed by atoms with Crippen LogP contribution in [-0.4, -0.2) is 21.8 Å². The summed E-state index contributed by atoms with van der Waals surface area (Å²) in [6, 6.07) is 7.53. The van der Waals surface area contributed by atoms with Crippen LogP contribution in [-0.2, 0) is 0 Å². The number of amides is 1. The summed E-state index contributed by atoms with van der Waals surface area (Å²) >= 11 is 8.27. The Bertz CT molecular complexity index is 874. The van der Waals surface area contributed by atoms with E-state index in [-0.39, 0.29) is 5.91 Å². The summed E-state index contributed by atoms with van der Waals surface area (Å²) < 4.78 is 2.87. The van der Waals surface area contributed by atoms with Crippen LogP contribution in [0.15, 0.2) is 42.9 Å². The summed E-state index contributed by atoms with van der Waals surface area (Å²) in [6.45, 7) is 2.76. The van der Waals surface area contributed by atoms with E-state index in [0.717, 1.165) is 27.5 Å². The number of rotatable bonds is 5. The number of imidazole rings is 1. The lowest BCUT2D eigenvalue weighted by atomic mass is 10.0. The summed E-state index contributed by atoms with van der Waals surface area (Å²) in [5.74, 6) is -0.0943. The van der Waals surface area contributed by atoms with Crippen molar-refractivity contribution in [3.63, 3.8) is 0 Å². The Kier molecular flexibility index (Phi) is 5.40. The van der Waals surface area contributed by atoms with Crippen LogP contribution in [0.25, 0.3) is 16.8 Å².